The molecule has 1 fully saturated rings. The Morgan fingerprint density at radius 3 is 3.00 bits per heavy atom. The van der Waals surface area contributed by atoms with E-state index in [2.05, 4.69) is 21.8 Å². The van der Waals surface area contributed by atoms with Crippen molar-refractivity contribution in [1.82, 2.24) is 14.9 Å². The third-order valence-corrected chi connectivity index (χ3v) is 3.05. The first-order valence-corrected chi connectivity index (χ1v) is 5.63. The summed E-state index contributed by atoms with van der Waals surface area (Å²) in [5.41, 5.74) is 0. The molecule has 3 heteroatoms. The van der Waals surface area contributed by atoms with Gasteiger partial charge >= 0.3 is 0 Å². The van der Waals surface area contributed by atoms with Crippen LogP contribution in [0.4, 0.5) is 0 Å². The lowest BCUT2D eigenvalue weighted by atomic mass is 10.2. The Bertz CT molecular complexity index is 274. The third kappa shape index (κ3) is 2.15. The lowest BCUT2D eigenvalue weighted by Crippen LogP contribution is -2.26. The van der Waals surface area contributed by atoms with Gasteiger partial charge in [0, 0.05) is 25.0 Å². The summed E-state index contributed by atoms with van der Waals surface area (Å²) in [7, 11) is 0. The monoisotopic (exact) mass is 193 g/mol. The maximum Gasteiger partial charge on any atom is 0.122 e. The highest BCUT2D eigenvalue weighted by molar-refractivity contribution is 4.92. The van der Waals surface area contributed by atoms with Gasteiger partial charge in [-0.1, -0.05) is 12.8 Å². The second-order valence-corrected chi connectivity index (χ2v) is 3.99. The zero-order chi connectivity index (χ0) is 9.80. The van der Waals surface area contributed by atoms with Crippen LogP contribution in [0.15, 0.2) is 12.4 Å². The number of nitrogens with zero attached hydrogens (tertiary/aromatic N) is 2. The molecular weight excluding hydrogens is 174 g/mol. The predicted molar refractivity (Wildman–Crippen MR) is 57.0 cm³/mol. The molecule has 0 amide bonds. The summed E-state index contributed by atoms with van der Waals surface area (Å²) in [4.78, 5) is 4.35. The molecule has 1 aliphatic carbocycles. The van der Waals surface area contributed by atoms with Crippen LogP contribution in [0.5, 0.6) is 0 Å². The molecule has 1 aromatic heterocycles. The van der Waals surface area contributed by atoms with Crippen LogP contribution in [0.2, 0.25) is 0 Å². The Morgan fingerprint density at radius 1 is 1.50 bits per heavy atom. The Kier molecular flexibility index (Phi) is 3.19. The van der Waals surface area contributed by atoms with Crippen molar-refractivity contribution in [2.75, 3.05) is 0 Å². The van der Waals surface area contributed by atoms with Crippen LogP contribution in [0.3, 0.4) is 0 Å². The number of hydrogen-bond acceptors (Lipinski definition) is 2. The SMILES string of the molecule is CCn1ccnc1CNC1CCCC1. The molecule has 0 radical (unpaired) electrons. The maximum absolute atomic E-state index is 4.35. The molecule has 1 heterocycles. The first-order chi connectivity index (χ1) is 6.90. The van der Waals surface area contributed by atoms with Gasteiger partial charge in [-0.3, -0.25) is 0 Å². The lowest BCUT2D eigenvalue weighted by Gasteiger charge is -2.11. The van der Waals surface area contributed by atoms with Crippen molar-refractivity contribution in [1.29, 1.82) is 0 Å². The van der Waals surface area contributed by atoms with Crippen molar-refractivity contribution in [2.24, 2.45) is 0 Å². The van der Waals surface area contributed by atoms with Gasteiger partial charge in [-0.15, -0.1) is 0 Å². The lowest BCUT2D eigenvalue weighted by molar-refractivity contribution is 0.502. The van der Waals surface area contributed by atoms with Crippen LogP contribution in [-0.4, -0.2) is 15.6 Å². The fourth-order valence-corrected chi connectivity index (χ4v) is 2.16. The second kappa shape index (κ2) is 4.60. The van der Waals surface area contributed by atoms with Gasteiger partial charge in [-0.05, 0) is 19.8 Å². The van der Waals surface area contributed by atoms with Crippen molar-refractivity contribution in [3.05, 3.63) is 18.2 Å². The van der Waals surface area contributed by atoms with E-state index in [-0.39, 0.29) is 0 Å². The van der Waals surface area contributed by atoms with Crippen molar-refractivity contribution < 1.29 is 0 Å². The van der Waals surface area contributed by atoms with E-state index < -0.39 is 0 Å². The van der Waals surface area contributed by atoms with Crippen LogP contribution >= 0.6 is 0 Å². The molecular formula is C11H19N3. The number of nitrogens with one attached hydrogen (secondary N) is 1. The summed E-state index contributed by atoms with van der Waals surface area (Å²) in [5, 5.41) is 3.58. The molecule has 1 saturated carbocycles. The molecule has 0 atom stereocenters. The minimum absolute atomic E-state index is 0.733. The second-order valence-electron chi connectivity index (χ2n) is 3.99. The minimum Gasteiger partial charge on any atom is -0.334 e. The molecule has 1 aliphatic rings. The van der Waals surface area contributed by atoms with Crippen LogP contribution in [0.1, 0.15) is 38.4 Å². The quantitative estimate of drug-likeness (QED) is 0.792. The molecule has 0 saturated heterocycles. The van der Waals surface area contributed by atoms with Crippen LogP contribution < -0.4 is 5.32 Å². The van der Waals surface area contributed by atoms with Crippen molar-refractivity contribution in [3.8, 4) is 0 Å². The molecule has 0 bridgehead atoms. The first kappa shape index (κ1) is 9.71. The standard InChI is InChI=1S/C11H19N3/c1-2-14-8-7-12-11(14)9-13-10-5-3-4-6-10/h7-8,10,13H,2-6,9H2,1H3. The predicted octanol–water partition coefficient (Wildman–Crippen LogP) is 1.94. The van der Waals surface area contributed by atoms with Gasteiger partial charge in [0.15, 0.2) is 0 Å². The summed E-state index contributed by atoms with van der Waals surface area (Å²) in [6.07, 6.45) is 9.39. The zero-order valence-corrected chi connectivity index (χ0v) is 8.87. The summed E-state index contributed by atoms with van der Waals surface area (Å²) in [6, 6.07) is 0.733. The average molecular weight is 193 g/mol. The van der Waals surface area contributed by atoms with Gasteiger partial charge in [0.2, 0.25) is 0 Å². The van der Waals surface area contributed by atoms with Crippen molar-refractivity contribution >= 4 is 0 Å². The minimum atomic E-state index is 0.733. The molecule has 0 aromatic carbocycles. The van der Waals surface area contributed by atoms with Crippen molar-refractivity contribution in [2.45, 2.75) is 51.7 Å². The highest BCUT2D eigenvalue weighted by Crippen LogP contribution is 2.17. The molecule has 0 aliphatic heterocycles. The average Bonchev–Trinajstić information content (AvgIpc) is 2.85. The number of aromatic nitrogens is 2. The van der Waals surface area contributed by atoms with Gasteiger partial charge in [0.1, 0.15) is 5.82 Å². The van der Waals surface area contributed by atoms with E-state index >= 15 is 0 Å². The highest BCUT2D eigenvalue weighted by atomic mass is 15.1. The smallest absolute Gasteiger partial charge is 0.122 e. The summed E-state index contributed by atoms with van der Waals surface area (Å²) in [5.74, 6) is 1.17. The molecule has 1 N–H and O–H groups in total. The molecule has 0 spiro atoms. The number of hydrogen-bond donors (Lipinski definition) is 1. The maximum atomic E-state index is 4.35. The first-order valence-electron chi connectivity index (χ1n) is 5.63. The molecule has 78 valence electrons. The Morgan fingerprint density at radius 2 is 2.29 bits per heavy atom. The number of imidazole rings is 1. The molecule has 2 rings (SSSR count). The third-order valence-electron chi connectivity index (χ3n) is 3.05. The van der Waals surface area contributed by atoms with E-state index in [1.54, 1.807) is 0 Å². The van der Waals surface area contributed by atoms with Crippen LogP contribution in [0, 0.1) is 0 Å². The van der Waals surface area contributed by atoms with E-state index in [0.717, 1.165) is 19.1 Å². The molecule has 3 nitrogen and oxygen atoms in total. The summed E-state index contributed by atoms with van der Waals surface area (Å²) >= 11 is 0. The number of rotatable bonds is 4. The van der Waals surface area contributed by atoms with Gasteiger partial charge in [-0.2, -0.15) is 0 Å². The van der Waals surface area contributed by atoms with E-state index in [4.69, 9.17) is 0 Å². The van der Waals surface area contributed by atoms with Gasteiger partial charge in [0.05, 0.1) is 6.54 Å². The fourth-order valence-electron chi connectivity index (χ4n) is 2.16. The van der Waals surface area contributed by atoms with E-state index in [9.17, 15) is 0 Å². The van der Waals surface area contributed by atoms with Crippen LogP contribution in [0.25, 0.3) is 0 Å². The van der Waals surface area contributed by atoms with E-state index in [1.807, 2.05) is 12.4 Å². The highest BCUT2D eigenvalue weighted by Gasteiger charge is 2.14. The van der Waals surface area contributed by atoms with Gasteiger partial charge < -0.3 is 9.88 Å². The molecule has 0 unspecified atom stereocenters. The summed E-state index contributed by atoms with van der Waals surface area (Å²) < 4.78 is 2.20. The Balaban J connectivity index is 1.84. The van der Waals surface area contributed by atoms with Crippen molar-refractivity contribution in [3.63, 3.8) is 0 Å². The van der Waals surface area contributed by atoms with E-state index in [0.29, 0.717) is 0 Å². The fraction of sp³-hybridized carbons (Fsp3) is 0.727. The van der Waals surface area contributed by atoms with Crippen LogP contribution in [-0.2, 0) is 13.1 Å². The van der Waals surface area contributed by atoms with Gasteiger partial charge in [-0.25, -0.2) is 4.98 Å². The van der Waals surface area contributed by atoms with Gasteiger partial charge in [0.25, 0.3) is 0 Å². The molecule has 1 aromatic rings. The largest absolute Gasteiger partial charge is 0.334 e. The Labute approximate surface area is 85.5 Å². The summed E-state index contributed by atoms with van der Waals surface area (Å²) in [6.45, 7) is 4.09. The van der Waals surface area contributed by atoms with E-state index in [1.165, 1.54) is 31.5 Å². The zero-order valence-electron chi connectivity index (χ0n) is 8.87. The Hall–Kier alpha value is -0.830. The topological polar surface area (TPSA) is 29.9 Å². The molecule has 14 heavy (non-hydrogen) atoms. The number of aryl methyl sites for hydroxylation is 1. The normalized spacial score (nSPS) is 17.8.